The van der Waals surface area contributed by atoms with Crippen molar-refractivity contribution in [2.75, 3.05) is 40.0 Å². The van der Waals surface area contributed by atoms with Gasteiger partial charge in [-0.1, -0.05) is 7.92 Å². The van der Waals surface area contributed by atoms with Crippen molar-refractivity contribution in [3.8, 4) is 0 Å². The number of rotatable bonds is 0. The topological polar surface area (TPSA) is 9.72 Å². The molecule has 3 aliphatic rings. The molecule has 0 amide bonds. The highest BCUT2D eigenvalue weighted by molar-refractivity contribution is 7.64. The van der Waals surface area contributed by atoms with Crippen LogP contribution >= 0.6 is 16.3 Å². The number of nitrogens with zero attached hydrogens (tertiary/aromatic N) is 3. The summed E-state index contributed by atoms with van der Waals surface area (Å²) >= 11 is 0. The van der Waals surface area contributed by atoms with Crippen LogP contribution in [0.25, 0.3) is 0 Å². The molecule has 11 heavy (non-hydrogen) atoms. The van der Waals surface area contributed by atoms with Gasteiger partial charge >= 0.3 is 0 Å². The van der Waals surface area contributed by atoms with Crippen molar-refractivity contribution < 1.29 is 0 Å². The molecule has 0 aromatic carbocycles. The smallest absolute Gasteiger partial charge is 0.120 e. The van der Waals surface area contributed by atoms with Crippen molar-refractivity contribution in [1.82, 2.24) is 14.0 Å². The normalized spacial score (nSPS) is 41.7. The third kappa shape index (κ3) is 1.34. The summed E-state index contributed by atoms with van der Waals surface area (Å²) in [6.45, 7) is 0. The molecular formula is C6H15N3P2. The molecule has 0 radical (unpaired) electrons. The molecule has 5 heteroatoms. The fraction of sp³-hybridized carbons (Fsp3) is 1.00. The summed E-state index contributed by atoms with van der Waals surface area (Å²) in [6, 6.07) is 0. The molecular weight excluding hydrogens is 176 g/mol. The lowest BCUT2D eigenvalue weighted by atomic mass is 11.2. The molecule has 0 atom stereocenters. The second kappa shape index (κ2) is 2.90. The summed E-state index contributed by atoms with van der Waals surface area (Å²) in [6.07, 6.45) is 4.11. The molecule has 0 saturated carbocycles. The molecule has 0 aromatic heterocycles. The minimum atomic E-state index is -0.0710. The van der Waals surface area contributed by atoms with Gasteiger partial charge in [-0.3, -0.25) is 14.0 Å². The molecule has 0 aromatic rings. The van der Waals surface area contributed by atoms with Crippen LogP contribution in [0.4, 0.5) is 0 Å². The Morgan fingerprint density at radius 1 is 0.818 bits per heavy atom. The Hall–Kier alpha value is 0.740. The molecule has 3 heterocycles. The Labute approximate surface area is 71.0 Å². The molecule has 0 unspecified atom stereocenters. The SMILES string of the molecule is CN1CP2CN(C)P1N(C)C2. The second-order valence-corrected chi connectivity index (χ2v) is 8.11. The van der Waals surface area contributed by atoms with Crippen molar-refractivity contribution >= 4 is 16.3 Å². The van der Waals surface area contributed by atoms with Gasteiger partial charge in [0.05, 0.1) is 0 Å². The van der Waals surface area contributed by atoms with E-state index < -0.39 is 0 Å². The van der Waals surface area contributed by atoms with Gasteiger partial charge < -0.3 is 0 Å². The van der Waals surface area contributed by atoms with Crippen LogP contribution in [0.3, 0.4) is 0 Å². The monoisotopic (exact) mass is 191 g/mol. The zero-order chi connectivity index (χ0) is 8.01. The van der Waals surface area contributed by atoms with Gasteiger partial charge in [0, 0.05) is 18.9 Å². The Morgan fingerprint density at radius 2 is 1.18 bits per heavy atom. The van der Waals surface area contributed by atoms with Crippen LogP contribution in [0.15, 0.2) is 0 Å². The lowest BCUT2D eigenvalue weighted by Crippen LogP contribution is -2.43. The molecule has 64 valence electrons. The molecule has 0 N–H and O–H groups in total. The van der Waals surface area contributed by atoms with Gasteiger partial charge in [-0.15, -0.1) is 0 Å². The summed E-state index contributed by atoms with van der Waals surface area (Å²) in [5, 5.41) is 0. The van der Waals surface area contributed by atoms with E-state index in [4.69, 9.17) is 0 Å². The minimum absolute atomic E-state index is 0.0710. The molecule has 0 aliphatic carbocycles. The summed E-state index contributed by atoms with van der Waals surface area (Å²) in [4.78, 5) is 0. The first-order valence-corrected chi connectivity index (χ1v) is 6.94. The van der Waals surface area contributed by atoms with Gasteiger partial charge in [0.15, 0.2) is 0 Å². The molecule has 2 bridgehead atoms. The first-order chi connectivity index (χ1) is 5.18. The summed E-state index contributed by atoms with van der Waals surface area (Å²) < 4.78 is 7.57. The van der Waals surface area contributed by atoms with Gasteiger partial charge in [0.1, 0.15) is 8.37 Å². The Kier molecular flexibility index (Phi) is 2.20. The maximum atomic E-state index is 2.52. The Balaban J connectivity index is 2.16. The highest BCUT2D eigenvalue weighted by Crippen LogP contribution is 2.63. The molecule has 0 spiro atoms. The van der Waals surface area contributed by atoms with Gasteiger partial charge in [0.2, 0.25) is 0 Å². The van der Waals surface area contributed by atoms with Gasteiger partial charge in [0.25, 0.3) is 0 Å². The highest BCUT2D eigenvalue weighted by atomic mass is 31.2. The fourth-order valence-corrected chi connectivity index (χ4v) is 8.49. The number of hydrogen-bond acceptors (Lipinski definition) is 3. The van der Waals surface area contributed by atoms with E-state index in [0.29, 0.717) is 0 Å². The highest BCUT2D eigenvalue weighted by Gasteiger charge is 2.39. The minimum Gasteiger partial charge on any atom is -0.256 e. The lowest BCUT2D eigenvalue weighted by molar-refractivity contribution is 0.417. The molecule has 3 fully saturated rings. The van der Waals surface area contributed by atoms with E-state index in [0.717, 1.165) is 0 Å². The van der Waals surface area contributed by atoms with E-state index in [-0.39, 0.29) is 16.3 Å². The van der Waals surface area contributed by atoms with Crippen molar-refractivity contribution in [2.45, 2.75) is 0 Å². The van der Waals surface area contributed by atoms with Crippen molar-refractivity contribution in [1.29, 1.82) is 0 Å². The summed E-state index contributed by atoms with van der Waals surface area (Å²) in [7, 11) is 6.97. The van der Waals surface area contributed by atoms with Crippen molar-refractivity contribution in [3.63, 3.8) is 0 Å². The summed E-state index contributed by atoms with van der Waals surface area (Å²) in [5.41, 5.74) is 0. The van der Waals surface area contributed by atoms with Gasteiger partial charge in [-0.2, -0.15) is 0 Å². The van der Waals surface area contributed by atoms with Crippen LogP contribution in [0.1, 0.15) is 0 Å². The number of fused-ring (bicyclic) bond motifs is 3. The maximum absolute atomic E-state index is 2.52. The zero-order valence-corrected chi connectivity index (χ0v) is 9.15. The van der Waals surface area contributed by atoms with E-state index in [1.165, 1.54) is 18.9 Å². The van der Waals surface area contributed by atoms with E-state index in [9.17, 15) is 0 Å². The largest absolute Gasteiger partial charge is 0.256 e. The van der Waals surface area contributed by atoms with Crippen LogP contribution in [-0.2, 0) is 0 Å². The average Bonchev–Trinajstić information content (AvgIpc) is 1.82. The van der Waals surface area contributed by atoms with E-state index in [1.807, 2.05) is 0 Å². The molecule has 3 saturated heterocycles. The van der Waals surface area contributed by atoms with Crippen LogP contribution < -0.4 is 0 Å². The molecule has 3 nitrogen and oxygen atoms in total. The standard InChI is InChI=1S/C6H15N3P2/c1-7-4-10-5-8(2)11(7)9(3)6-10/h4-6H2,1-3H3. The molecule has 3 rings (SSSR count). The first-order valence-electron chi connectivity index (χ1n) is 3.84. The van der Waals surface area contributed by atoms with E-state index in [2.05, 4.69) is 35.2 Å². The lowest BCUT2D eigenvalue weighted by Gasteiger charge is -2.53. The Morgan fingerprint density at radius 3 is 1.36 bits per heavy atom. The maximum Gasteiger partial charge on any atom is 0.120 e. The van der Waals surface area contributed by atoms with Crippen LogP contribution in [-0.4, -0.2) is 54.0 Å². The average molecular weight is 191 g/mol. The van der Waals surface area contributed by atoms with Crippen LogP contribution in [0.5, 0.6) is 0 Å². The first kappa shape index (κ1) is 8.34. The zero-order valence-electron chi connectivity index (χ0n) is 7.36. The van der Waals surface area contributed by atoms with Gasteiger partial charge in [-0.05, 0) is 21.1 Å². The van der Waals surface area contributed by atoms with Gasteiger partial charge in [-0.25, -0.2) is 0 Å². The predicted molar refractivity (Wildman–Crippen MR) is 51.7 cm³/mol. The summed E-state index contributed by atoms with van der Waals surface area (Å²) in [5.74, 6) is 0. The predicted octanol–water partition coefficient (Wildman–Crippen LogP) is 1.39. The Bertz CT molecular complexity index is 137. The third-order valence-electron chi connectivity index (χ3n) is 2.13. The second-order valence-electron chi connectivity index (χ2n) is 3.34. The van der Waals surface area contributed by atoms with E-state index in [1.54, 1.807) is 0 Å². The van der Waals surface area contributed by atoms with Crippen LogP contribution in [0, 0.1) is 0 Å². The fourth-order valence-electron chi connectivity index (χ4n) is 1.95. The van der Waals surface area contributed by atoms with Crippen molar-refractivity contribution in [3.05, 3.63) is 0 Å². The third-order valence-corrected chi connectivity index (χ3v) is 7.53. The van der Waals surface area contributed by atoms with Crippen molar-refractivity contribution in [2.24, 2.45) is 0 Å². The van der Waals surface area contributed by atoms with E-state index >= 15 is 0 Å². The van der Waals surface area contributed by atoms with Crippen LogP contribution in [0.2, 0.25) is 0 Å². The quantitative estimate of drug-likeness (QED) is 0.536. The molecule has 3 aliphatic heterocycles. The number of hydrogen-bond donors (Lipinski definition) is 0.